The summed E-state index contributed by atoms with van der Waals surface area (Å²) in [5.74, 6) is -3.10. The molecule has 1 amide bonds. The van der Waals surface area contributed by atoms with Crippen LogP contribution in [0.15, 0.2) is 24.3 Å². The lowest BCUT2D eigenvalue weighted by Gasteiger charge is -2.18. The minimum atomic E-state index is -4.55. The summed E-state index contributed by atoms with van der Waals surface area (Å²) in [6.45, 7) is 1.47. The molecule has 0 fully saturated rings. The smallest absolute Gasteiger partial charge is 0.416 e. The van der Waals surface area contributed by atoms with E-state index in [2.05, 4.69) is 5.32 Å². The van der Waals surface area contributed by atoms with Gasteiger partial charge in [-0.1, -0.05) is 12.1 Å². The van der Waals surface area contributed by atoms with E-state index in [0.717, 1.165) is 12.1 Å². The van der Waals surface area contributed by atoms with E-state index in [1.54, 1.807) is 0 Å². The number of nitriles is 1. The maximum atomic E-state index is 12.5. The highest BCUT2D eigenvalue weighted by Gasteiger charge is 2.31. The number of carboxylic acid groups (broad SMARTS) is 1. The summed E-state index contributed by atoms with van der Waals surface area (Å²) < 4.78 is 37.4. The van der Waals surface area contributed by atoms with E-state index in [9.17, 15) is 27.9 Å². The zero-order valence-electron chi connectivity index (χ0n) is 12.5. The van der Waals surface area contributed by atoms with Crippen LogP contribution in [0.2, 0.25) is 0 Å². The molecule has 3 N–H and O–H groups in total. The van der Waals surface area contributed by atoms with Crippen molar-refractivity contribution in [3.63, 3.8) is 0 Å². The summed E-state index contributed by atoms with van der Waals surface area (Å²) in [6.07, 6.45) is -6.54. The molecule has 9 heteroatoms. The van der Waals surface area contributed by atoms with Gasteiger partial charge in [0.2, 0.25) is 0 Å². The average Bonchev–Trinajstić information content (AvgIpc) is 2.52. The lowest BCUT2D eigenvalue weighted by atomic mass is 10.0. The van der Waals surface area contributed by atoms with Gasteiger partial charge in [0, 0.05) is 5.92 Å². The lowest BCUT2D eigenvalue weighted by molar-refractivity contribution is -0.144. The van der Waals surface area contributed by atoms with Crippen LogP contribution in [0, 0.1) is 17.2 Å². The van der Waals surface area contributed by atoms with Crippen molar-refractivity contribution in [1.82, 2.24) is 5.32 Å². The Hall–Kier alpha value is -2.60. The fourth-order valence-electron chi connectivity index (χ4n) is 1.88. The summed E-state index contributed by atoms with van der Waals surface area (Å²) in [5, 5.41) is 29.6. The van der Waals surface area contributed by atoms with Gasteiger partial charge in [-0.25, -0.2) is 4.79 Å². The first kappa shape index (κ1) is 19.4. The maximum Gasteiger partial charge on any atom is 0.416 e. The predicted octanol–water partition coefficient (Wildman–Crippen LogP) is 1.86. The third-order valence-corrected chi connectivity index (χ3v) is 3.23. The van der Waals surface area contributed by atoms with E-state index in [1.165, 1.54) is 6.92 Å². The minimum Gasteiger partial charge on any atom is -0.480 e. The van der Waals surface area contributed by atoms with Crippen LogP contribution < -0.4 is 5.32 Å². The molecule has 1 aromatic rings. The summed E-state index contributed by atoms with van der Waals surface area (Å²) >= 11 is 0. The van der Waals surface area contributed by atoms with Crippen molar-refractivity contribution in [2.45, 2.75) is 31.7 Å². The Balaban J connectivity index is 2.83. The number of aliphatic carboxylic acids is 1. The third-order valence-electron chi connectivity index (χ3n) is 3.23. The van der Waals surface area contributed by atoms with Crippen molar-refractivity contribution in [3.05, 3.63) is 35.4 Å². The summed E-state index contributed by atoms with van der Waals surface area (Å²) in [7, 11) is 0. The number of carbonyl (C=O) groups excluding carboxylic acids is 1. The van der Waals surface area contributed by atoms with Crippen molar-refractivity contribution in [1.29, 1.82) is 5.26 Å². The van der Waals surface area contributed by atoms with Gasteiger partial charge < -0.3 is 15.5 Å². The number of nitrogens with zero attached hydrogens (tertiary/aromatic N) is 1. The number of hydrogen-bond acceptors (Lipinski definition) is 4. The summed E-state index contributed by atoms with van der Waals surface area (Å²) in [5.41, 5.74) is -1.05. The van der Waals surface area contributed by atoms with Gasteiger partial charge in [-0.2, -0.15) is 18.4 Å². The molecule has 0 spiro atoms. The number of amides is 1. The molecule has 0 heterocycles. The third kappa shape index (κ3) is 5.24. The Morgan fingerprint density at radius 2 is 1.83 bits per heavy atom. The van der Waals surface area contributed by atoms with Crippen LogP contribution in [0.3, 0.4) is 0 Å². The highest BCUT2D eigenvalue weighted by molar-refractivity contribution is 5.87. The van der Waals surface area contributed by atoms with E-state index in [0.29, 0.717) is 12.1 Å². The minimum absolute atomic E-state index is 0.113. The number of rotatable bonds is 6. The molecule has 0 bridgehead atoms. The Morgan fingerprint density at radius 3 is 2.25 bits per heavy atom. The first-order chi connectivity index (χ1) is 11.1. The van der Waals surface area contributed by atoms with Gasteiger partial charge in [-0.15, -0.1) is 0 Å². The lowest BCUT2D eigenvalue weighted by Crippen LogP contribution is -2.43. The maximum absolute atomic E-state index is 12.5. The van der Waals surface area contributed by atoms with Gasteiger partial charge in [0.05, 0.1) is 11.6 Å². The van der Waals surface area contributed by atoms with E-state index in [-0.39, 0.29) is 12.0 Å². The quantitative estimate of drug-likeness (QED) is 0.729. The molecule has 0 saturated carbocycles. The van der Waals surface area contributed by atoms with Gasteiger partial charge in [-0.3, -0.25) is 4.79 Å². The summed E-state index contributed by atoms with van der Waals surface area (Å²) in [4.78, 5) is 23.0. The van der Waals surface area contributed by atoms with Crippen LogP contribution in [0.1, 0.15) is 30.6 Å². The molecule has 24 heavy (non-hydrogen) atoms. The molecule has 130 valence electrons. The van der Waals surface area contributed by atoms with Gasteiger partial charge in [0.1, 0.15) is 6.04 Å². The number of nitrogens with one attached hydrogen (secondary N) is 1. The fourth-order valence-corrected chi connectivity index (χ4v) is 1.88. The van der Waals surface area contributed by atoms with Crippen molar-refractivity contribution in [2.24, 2.45) is 5.92 Å². The highest BCUT2D eigenvalue weighted by Crippen LogP contribution is 2.30. The largest absolute Gasteiger partial charge is 0.480 e. The molecule has 0 saturated heterocycles. The summed E-state index contributed by atoms with van der Waals surface area (Å²) in [6, 6.07) is 3.70. The molecule has 0 radical (unpaired) electrons. The zero-order valence-corrected chi connectivity index (χ0v) is 12.5. The van der Waals surface area contributed by atoms with Crippen molar-refractivity contribution in [2.75, 3.05) is 0 Å². The Bertz CT molecular complexity index is 638. The molecule has 3 atom stereocenters. The van der Waals surface area contributed by atoms with E-state index in [1.807, 2.05) is 6.07 Å². The molecule has 1 rings (SSSR count). The SMILES string of the molecule is C[C@H](C#N)C[C@@H](NC(=O)[C@@H](O)c1ccc(C(F)(F)F)cc1)C(=O)O. The van der Waals surface area contributed by atoms with E-state index < -0.39 is 41.7 Å². The van der Waals surface area contributed by atoms with Gasteiger partial charge >= 0.3 is 12.1 Å². The number of carbonyl (C=O) groups is 2. The van der Waals surface area contributed by atoms with Crippen LogP contribution in [-0.4, -0.2) is 28.1 Å². The molecular weight excluding hydrogens is 329 g/mol. The number of hydrogen-bond donors (Lipinski definition) is 3. The molecule has 0 aliphatic carbocycles. The predicted molar refractivity (Wildman–Crippen MR) is 75.4 cm³/mol. The topological polar surface area (TPSA) is 110 Å². The number of carboxylic acids is 1. The Morgan fingerprint density at radius 1 is 1.29 bits per heavy atom. The van der Waals surface area contributed by atoms with Gasteiger partial charge in [-0.05, 0) is 31.0 Å². The second-order valence-electron chi connectivity index (χ2n) is 5.19. The first-order valence-electron chi connectivity index (χ1n) is 6.84. The zero-order chi connectivity index (χ0) is 18.5. The normalized spacial score (nSPS) is 15.0. The number of alkyl halides is 3. The Kier molecular flexibility index (Phi) is 6.31. The standard InChI is InChI=1S/C15H15F3N2O4/c1-8(7-19)6-11(14(23)24)20-13(22)12(21)9-2-4-10(5-3-9)15(16,17)18/h2-5,8,11-12,21H,6H2,1H3,(H,20,22)(H,23,24)/t8-,11+,12-/m0/s1. The molecule has 0 aromatic heterocycles. The number of aliphatic hydroxyl groups excluding tert-OH is 1. The second kappa shape index (κ2) is 7.79. The van der Waals surface area contributed by atoms with Gasteiger partial charge in [0.25, 0.3) is 5.91 Å². The number of aliphatic hydroxyl groups is 1. The van der Waals surface area contributed by atoms with Crippen LogP contribution >= 0.6 is 0 Å². The second-order valence-corrected chi connectivity index (χ2v) is 5.19. The monoisotopic (exact) mass is 344 g/mol. The van der Waals surface area contributed by atoms with E-state index in [4.69, 9.17) is 10.4 Å². The van der Waals surface area contributed by atoms with Crippen molar-refractivity contribution in [3.8, 4) is 6.07 Å². The van der Waals surface area contributed by atoms with Crippen LogP contribution in [0.5, 0.6) is 0 Å². The molecule has 0 aliphatic heterocycles. The van der Waals surface area contributed by atoms with E-state index >= 15 is 0 Å². The molecule has 6 nitrogen and oxygen atoms in total. The Labute approximate surface area is 135 Å². The van der Waals surface area contributed by atoms with Crippen LogP contribution in [0.4, 0.5) is 13.2 Å². The number of halogens is 3. The van der Waals surface area contributed by atoms with Crippen molar-refractivity contribution >= 4 is 11.9 Å². The average molecular weight is 344 g/mol. The molecule has 0 unspecified atom stereocenters. The van der Waals surface area contributed by atoms with Crippen LogP contribution in [0.25, 0.3) is 0 Å². The highest BCUT2D eigenvalue weighted by atomic mass is 19.4. The first-order valence-corrected chi connectivity index (χ1v) is 6.84. The van der Waals surface area contributed by atoms with Gasteiger partial charge in [0.15, 0.2) is 6.10 Å². The van der Waals surface area contributed by atoms with Crippen molar-refractivity contribution < 1.29 is 33.0 Å². The number of benzene rings is 1. The fraction of sp³-hybridized carbons (Fsp3) is 0.400. The molecule has 1 aromatic carbocycles. The molecule has 0 aliphatic rings. The molecular formula is C15H15F3N2O4. The van der Waals surface area contributed by atoms with Crippen LogP contribution in [-0.2, 0) is 15.8 Å².